The molecular weight excluding hydrogens is 256 g/mol. The van der Waals surface area contributed by atoms with Gasteiger partial charge in [-0.25, -0.2) is 0 Å². The van der Waals surface area contributed by atoms with Crippen LogP contribution in [0.2, 0.25) is 0 Å². The molecule has 1 rings (SSSR count). The standard InChI is InChI=1S/C12H15BrO2/c1-3-4-5-6-9-7-10(13)8-11(15-2)12(9)14/h3,7-8,14H,1,4-6H2,2H3. The molecule has 82 valence electrons. The minimum Gasteiger partial charge on any atom is -0.504 e. The van der Waals surface area contributed by atoms with Crippen LogP contribution in [0.5, 0.6) is 11.5 Å². The van der Waals surface area contributed by atoms with Gasteiger partial charge in [-0.2, -0.15) is 0 Å². The van der Waals surface area contributed by atoms with Crippen LogP contribution in [0.25, 0.3) is 0 Å². The number of unbranched alkanes of at least 4 members (excludes halogenated alkanes) is 1. The Bertz CT molecular complexity index is 348. The van der Waals surface area contributed by atoms with Crippen LogP contribution < -0.4 is 4.74 Å². The van der Waals surface area contributed by atoms with E-state index in [4.69, 9.17) is 4.74 Å². The number of methoxy groups -OCH3 is 1. The summed E-state index contributed by atoms with van der Waals surface area (Å²) in [7, 11) is 1.55. The Balaban J connectivity index is 2.86. The van der Waals surface area contributed by atoms with Gasteiger partial charge in [0.2, 0.25) is 0 Å². The summed E-state index contributed by atoms with van der Waals surface area (Å²) in [6.45, 7) is 3.67. The van der Waals surface area contributed by atoms with Crippen molar-refractivity contribution in [2.75, 3.05) is 7.11 Å². The van der Waals surface area contributed by atoms with Crippen molar-refractivity contribution in [1.29, 1.82) is 0 Å². The second kappa shape index (κ2) is 5.81. The third kappa shape index (κ3) is 3.27. The molecule has 0 bridgehead atoms. The van der Waals surface area contributed by atoms with E-state index in [1.165, 1.54) is 0 Å². The highest BCUT2D eigenvalue weighted by molar-refractivity contribution is 9.10. The number of hydrogen-bond donors (Lipinski definition) is 1. The van der Waals surface area contributed by atoms with Crippen molar-refractivity contribution >= 4 is 15.9 Å². The van der Waals surface area contributed by atoms with Crippen molar-refractivity contribution in [1.82, 2.24) is 0 Å². The first kappa shape index (κ1) is 12.1. The predicted molar refractivity (Wildman–Crippen MR) is 65.5 cm³/mol. The van der Waals surface area contributed by atoms with Crippen molar-refractivity contribution in [3.05, 3.63) is 34.8 Å². The number of aryl methyl sites for hydroxylation is 1. The highest BCUT2D eigenvalue weighted by atomic mass is 79.9. The van der Waals surface area contributed by atoms with Crippen LogP contribution in [-0.4, -0.2) is 12.2 Å². The van der Waals surface area contributed by atoms with E-state index in [-0.39, 0.29) is 5.75 Å². The van der Waals surface area contributed by atoms with Gasteiger partial charge in [-0.05, 0) is 37.0 Å². The van der Waals surface area contributed by atoms with Crippen LogP contribution in [-0.2, 0) is 6.42 Å². The number of phenolic OH excluding ortho intramolecular Hbond substituents is 1. The summed E-state index contributed by atoms with van der Waals surface area (Å²) in [5.41, 5.74) is 0.906. The molecule has 0 unspecified atom stereocenters. The highest BCUT2D eigenvalue weighted by Crippen LogP contribution is 2.34. The zero-order valence-electron chi connectivity index (χ0n) is 8.79. The molecule has 0 radical (unpaired) electrons. The number of aromatic hydroxyl groups is 1. The van der Waals surface area contributed by atoms with Crippen molar-refractivity contribution in [2.24, 2.45) is 0 Å². The number of phenols is 1. The van der Waals surface area contributed by atoms with Gasteiger partial charge in [0, 0.05) is 4.47 Å². The number of halogens is 1. The van der Waals surface area contributed by atoms with Crippen LogP contribution in [0.15, 0.2) is 29.3 Å². The van der Waals surface area contributed by atoms with Gasteiger partial charge in [-0.3, -0.25) is 0 Å². The maximum Gasteiger partial charge on any atom is 0.161 e. The van der Waals surface area contributed by atoms with Crippen LogP contribution in [0.1, 0.15) is 18.4 Å². The zero-order chi connectivity index (χ0) is 11.3. The first-order valence-electron chi connectivity index (χ1n) is 4.85. The van der Waals surface area contributed by atoms with Crippen LogP contribution in [0, 0.1) is 0 Å². The van der Waals surface area contributed by atoms with Crippen LogP contribution in [0.4, 0.5) is 0 Å². The fourth-order valence-corrected chi connectivity index (χ4v) is 1.90. The molecule has 0 atom stereocenters. The molecule has 1 aromatic rings. The largest absolute Gasteiger partial charge is 0.504 e. The van der Waals surface area contributed by atoms with Crippen molar-refractivity contribution in [3.63, 3.8) is 0 Å². The fraction of sp³-hybridized carbons (Fsp3) is 0.333. The summed E-state index contributed by atoms with van der Waals surface area (Å²) in [6.07, 6.45) is 4.64. The highest BCUT2D eigenvalue weighted by Gasteiger charge is 2.08. The monoisotopic (exact) mass is 270 g/mol. The molecule has 0 spiro atoms. The minimum absolute atomic E-state index is 0.241. The maximum absolute atomic E-state index is 9.84. The fourth-order valence-electron chi connectivity index (χ4n) is 1.41. The first-order chi connectivity index (χ1) is 7.19. The summed E-state index contributed by atoms with van der Waals surface area (Å²) in [5, 5.41) is 9.84. The molecule has 0 saturated heterocycles. The van der Waals surface area contributed by atoms with Crippen molar-refractivity contribution < 1.29 is 9.84 Å². The lowest BCUT2D eigenvalue weighted by Gasteiger charge is -2.09. The normalized spacial score (nSPS) is 10.0. The number of benzene rings is 1. The van der Waals surface area contributed by atoms with E-state index >= 15 is 0 Å². The lowest BCUT2D eigenvalue weighted by Crippen LogP contribution is -1.91. The van der Waals surface area contributed by atoms with E-state index < -0.39 is 0 Å². The Kier molecular flexibility index (Phi) is 4.69. The quantitative estimate of drug-likeness (QED) is 0.654. The Labute approximate surface area is 98.7 Å². The summed E-state index contributed by atoms with van der Waals surface area (Å²) >= 11 is 3.39. The Hall–Kier alpha value is -0.960. The molecule has 1 aromatic carbocycles. The average molecular weight is 271 g/mol. The van der Waals surface area contributed by atoms with Gasteiger partial charge in [0.1, 0.15) is 0 Å². The number of hydrogen-bond acceptors (Lipinski definition) is 2. The van der Waals surface area contributed by atoms with Gasteiger partial charge in [0.15, 0.2) is 11.5 Å². The number of allylic oxidation sites excluding steroid dienone is 1. The van der Waals surface area contributed by atoms with Crippen molar-refractivity contribution in [3.8, 4) is 11.5 Å². The average Bonchev–Trinajstić information content (AvgIpc) is 2.23. The Morgan fingerprint density at radius 3 is 2.87 bits per heavy atom. The van der Waals surface area contributed by atoms with Gasteiger partial charge in [0.25, 0.3) is 0 Å². The Morgan fingerprint density at radius 1 is 1.53 bits per heavy atom. The van der Waals surface area contributed by atoms with E-state index in [1.54, 1.807) is 13.2 Å². The zero-order valence-corrected chi connectivity index (χ0v) is 10.4. The van der Waals surface area contributed by atoms with Crippen molar-refractivity contribution in [2.45, 2.75) is 19.3 Å². The maximum atomic E-state index is 9.84. The molecule has 0 fully saturated rings. The summed E-state index contributed by atoms with van der Waals surface area (Å²) < 4.78 is 5.99. The molecule has 2 nitrogen and oxygen atoms in total. The summed E-state index contributed by atoms with van der Waals surface area (Å²) in [6, 6.07) is 3.67. The molecule has 0 amide bonds. The van der Waals surface area contributed by atoms with Gasteiger partial charge < -0.3 is 9.84 Å². The third-order valence-corrected chi connectivity index (χ3v) is 2.65. The smallest absolute Gasteiger partial charge is 0.161 e. The second-order valence-electron chi connectivity index (χ2n) is 3.30. The number of rotatable bonds is 5. The first-order valence-corrected chi connectivity index (χ1v) is 5.64. The summed E-state index contributed by atoms with van der Waals surface area (Å²) in [5.74, 6) is 0.753. The van der Waals surface area contributed by atoms with E-state index in [0.29, 0.717) is 5.75 Å². The molecule has 0 aromatic heterocycles. The van der Waals surface area contributed by atoms with E-state index in [2.05, 4.69) is 22.5 Å². The molecule has 0 saturated carbocycles. The molecule has 1 N–H and O–H groups in total. The molecule has 0 heterocycles. The van der Waals surface area contributed by atoms with Gasteiger partial charge in [-0.1, -0.05) is 22.0 Å². The Morgan fingerprint density at radius 2 is 2.27 bits per heavy atom. The van der Waals surface area contributed by atoms with E-state index in [9.17, 15) is 5.11 Å². The lowest BCUT2D eigenvalue weighted by molar-refractivity contribution is 0.370. The third-order valence-electron chi connectivity index (χ3n) is 2.19. The van der Waals surface area contributed by atoms with Gasteiger partial charge in [-0.15, -0.1) is 6.58 Å². The molecule has 15 heavy (non-hydrogen) atoms. The molecular formula is C12H15BrO2. The summed E-state index contributed by atoms with van der Waals surface area (Å²) in [4.78, 5) is 0. The molecule has 0 aliphatic rings. The molecule has 3 heteroatoms. The van der Waals surface area contributed by atoms with Gasteiger partial charge >= 0.3 is 0 Å². The van der Waals surface area contributed by atoms with E-state index in [0.717, 1.165) is 29.3 Å². The molecule has 0 aliphatic heterocycles. The van der Waals surface area contributed by atoms with Crippen LogP contribution in [0.3, 0.4) is 0 Å². The minimum atomic E-state index is 0.241. The second-order valence-corrected chi connectivity index (χ2v) is 4.21. The lowest BCUT2D eigenvalue weighted by atomic mass is 10.1. The van der Waals surface area contributed by atoms with Gasteiger partial charge in [0.05, 0.1) is 7.11 Å². The topological polar surface area (TPSA) is 29.5 Å². The SMILES string of the molecule is C=CCCCc1cc(Br)cc(OC)c1O. The molecule has 0 aliphatic carbocycles. The number of ether oxygens (including phenoxy) is 1. The predicted octanol–water partition coefficient (Wildman–Crippen LogP) is 3.67. The van der Waals surface area contributed by atoms with Crippen LogP contribution >= 0.6 is 15.9 Å². The van der Waals surface area contributed by atoms with E-state index in [1.807, 2.05) is 12.1 Å².